The minimum absolute atomic E-state index is 0.229. The molecule has 3 heteroatoms. The van der Waals surface area contributed by atoms with E-state index >= 15 is 0 Å². The standard InChI is InChI=1S/C5H8N2O/c6-1-2-8-5-3-7-4-5/h5,7H,2-4H2. The molecule has 1 N–H and O–H groups in total. The highest BCUT2D eigenvalue weighted by atomic mass is 16.5. The van der Waals surface area contributed by atoms with Crippen LogP contribution in [0.5, 0.6) is 0 Å². The number of nitrogens with one attached hydrogen (secondary N) is 1. The van der Waals surface area contributed by atoms with Gasteiger partial charge in [0.05, 0.1) is 12.2 Å². The number of ether oxygens (including phenoxy) is 1. The van der Waals surface area contributed by atoms with Gasteiger partial charge in [0.15, 0.2) is 0 Å². The number of hydrogen-bond acceptors (Lipinski definition) is 3. The van der Waals surface area contributed by atoms with Crippen LogP contribution in [0.1, 0.15) is 0 Å². The average Bonchev–Trinajstić information content (AvgIpc) is 1.63. The third-order valence-electron chi connectivity index (χ3n) is 1.13. The van der Waals surface area contributed by atoms with Crippen LogP contribution in [0, 0.1) is 11.3 Å². The van der Waals surface area contributed by atoms with Crippen LogP contribution in [0.4, 0.5) is 0 Å². The monoisotopic (exact) mass is 112 g/mol. The predicted octanol–water partition coefficient (Wildman–Crippen LogP) is -0.502. The Labute approximate surface area is 48.2 Å². The van der Waals surface area contributed by atoms with E-state index in [4.69, 9.17) is 10.00 Å². The molecule has 1 aliphatic rings. The normalized spacial score (nSPS) is 19.4. The summed E-state index contributed by atoms with van der Waals surface area (Å²) in [4.78, 5) is 0. The van der Waals surface area contributed by atoms with E-state index < -0.39 is 0 Å². The lowest BCUT2D eigenvalue weighted by Crippen LogP contribution is -2.48. The summed E-state index contributed by atoms with van der Waals surface area (Å²) in [7, 11) is 0. The van der Waals surface area contributed by atoms with Gasteiger partial charge in [0, 0.05) is 13.1 Å². The Kier molecular flexibility index (Phi) is 1.84. The maximum atomic E-state index is 8.04. The zero-order chi connectivity index (χ0) is 5.82. The molecule has 1 heterocycles. The fraction of sp³-hybridized carbons (Fsp3) is 0.800. The molecule has 0 unspecified atom stereocenters. The topological polar surface area (TPSA) is 45.0 Å². The molecule has 0 amide bonds. The van der Waals surface area contributed by atoms with Crippen molar-refractivity contribution < 1.29 is 4.74 Å². The van der Waals surface area contributed by atoms with E-state index in [0.717, 1.165) is 13.1 Å². The maximum Gasteiger partial charge on any atom is 0.134 e. The van der Waals surface area contributed by atoms with Crippen molar-refractivity contribution in [3.63, 3.8) is 0 Å². The van der Waals surface area contributed by atoms with Gasteiger partial charge in [0.25, 0.3) is 0 Å². The van der Waals surface area contributed by atoms with Crippen molar-refractivity contribution in [2.24, 2.45) is 0 Å². The summed E-state index contributed by atoms with van der Waals surface area (Å²) in [5, 5.41) is 11.1. The molecule has 1 fully saturated rings. The van der Waals surface area contributed by atoms with Gasteiger partial charge in [-0.2, -0.15) is 5.26 Å². The summed E-state index contributed by atoms with van der Waals surface area (Å²) in [6.45, 7) is 2.04. The predicted molar refractivity (Wildman–Crippen MR) is 28.2 cm³/mol. The highest BCUT2D eigenvalue weighted by Gasteiger charge is 2.15. The summed E-state index contributed by atoms with van der Waals surface area (Å²) in [5.74, 6) is 0. The van der Waals surface area contributed by atoms with E-state index in [0.29, 0.717) is 6.10 Å². The number of nitriles is 1. The number of hydrogen-bond donors (Lipinski definition) is 1. The Morgan fingerprint density at radius 2 is 2.50 bits per heavy atom. The fourth-order valence-electron chi connectivity index (χ4n) is 0.535. The Morgan fingerprint density at radius 1 is 1.75 bits per heavy atom. The molecule has 0 atom stereocenters. The third kappa shape index (κ3) is 1.19. The highest BCUT2D eigenvalue weighted by Crippen LogP contribution is 1.95. The molecule has 1 saturated heterocycles. The lowest BCUT2D eigenvalue weighted by atomic mass is 10.2. The van der Waals surface area contributed by atoms with Crippen molar-refractivity contribution in [3.8, 4) is 6.07 Å². The Bertz CT molecular complexity index is 103. The van der Waals surface area contributed by atoms with Gasteiger partial charge >= 0.3 is 0 Å². The first-order chi connectivity index (χ1) is 3.93. The zero-order valence-corrected chi connectivity index (χ0v) is 4.55. The van der Waals surface area contributed by atoms with Crippen molar-refractivity contribution in [3.05, 3.63) is 0 Å². The molecule has 0 aliphatic carbocycles. The van der Waals surface area contributed by atoms with Gasteiger partial charge in [-0.3, -0.25) is 0 Å². The van der Waals surface area contributed by atoms with Crippen molar-refractivity contribution in [1.29, 1.82) is 5.26 Å². The van der Waals surface area contributed by atoms with Crippen molar-refractivity contribution in [1.82, 2.24) is 5.32 Å². The SMILES string of the molecule is N#CCOC1CNC1. The van der Waals surface area contributed by atoms with Crippen LogP contribution in [-0.2, 0) is 4.74 Å². The first-order valence-corrected chi connectivity index (χ1v) is 2.63. The van der Waals surface area contributed by atoms with Crippen LogP contribution in [0.2, 0.25) is 0 Å². The van der Waals surface area contributed by atoms with E-state index in [1.54, 1.807) is 0 Å². The van der Waals surface area contributed by atoms with Crippen LogP contribution in [-0.4, -0.2) is 25.8 Å². The number of rotatable bonds is 2. The van der Waals surface area contributed by atoms with Crippen molar-refractivity contribution in [2.75, 3.05) is 19.7 Å². The Balaban J connectivity index is 1.95. The first-order valence-electron chi connectivity index (χ1n) is 2.63. The van der Waals surface area contributed by atoms with Crippen LogP contribution in [0.15, 0.2) is 0 Å². The summed E-state index contributed by atoms with van der Waals surface area (Å²) < 4.78 is 5.00. The van der Waals surface area contributed by atoms with Crippen molar-refractivity contribution >= 4 is 0 Å². The second-order valence-electron chi connectivity index (χ2n) is 1.75. The molecule has 8 heavy (non-hydrogen) atoms. The van der Waals surface area contributed by atoms with Gasteiger partial charge in [-0.15, -0.1) is 0 Å². The summed E-state index contributed by atoms with van der Waals surface area (Å²) >= 11 is 0. The van der Waals surface area contributed by atoms with Gasteiger partial charge < -0.3 is 10.1 Å². The maximum absolute atomic E-state index is 8.04. The summed E-state index contributed by atoms with van der Waals surface area (Å²) in [5.41, 5.74) is 0. The molecule has 1 aliphatic heterocycles. The van der Waals surface area contributed by atoms with Crippen LogP contribution < -0.4 is 5.32 Å². The van der Waals surface area contributed by atoms with E-state index in [9.17, 15) is 0 Å². The molecule has 1 rings (SSSR count). The number of nitrogens with zero attached hydrogens (tertiary/aromatic N) is 1. The van der Waals surface area contributed by atoms with Crippen molar-refractivity contribution in [2.45, 2.75) is 6.10 Å². The van der Waals surface area contributed by atoms with Crippen LogP contribution in [0.25, 0.3) is 0 Å². The molecule has 0 bridgehead atoms. The molecule has 0 spiro atoms. The van der Waals surface area contributed by atoms with Crippen LogP contribution >= 0.6 is 0 Å². The molecule has 0 saturated carbocycles. The molecular formula is C5H8N2O. The second kappa shape index (κ2) is 2.65. The largest absolute Gasteiger partial charge is 0.361 e. The zero-order valence-electron chi connectivity index (χ0n) is 4.55. The minimum atomic E-state index is 0.229. The molecule has 0 radical (unpaired) electrons. The molecule has 44 valence electrons. The molecular weight excluding hydrogens is 104 g/mol. The summed E-state index contributed by atoms with van der Waals surface area (Å²) in [6.07, 6.45) is 0.301. The van der Waals surface area contributed by atoms with Gasteiger partial charge in [-0.05, 0) is 0 Å². The highest BCUT2D eigenvalue weighted by molar-refractivity contribution is 4.77. The van der Waals surface area contributed by atoms with Crippen LogP contribution in [0.3, 0.4) is 0 Å². The first kappa shape index (κ1) is 5.54. The molecule has 0 aromatic heterocycles. The lowest BCUT2D eigenvalue weighted by Gasteiger charge is -2.25. The van der Waals surface area contributed by atoms with Gasteiger partial charge in [-0.25, -0.2) is 0 Å². The second-order valence-corrected chi connectivity index (χ2v) is 1.75. The van der Waals surface area contributed by atoms with E-state index in [2.05, 4.69) is 5.32 Å². The van der Waals surface area contributed by atoms with Gasteiger partial charge in [0.1, 0.15) is 6.61 Å². The molecule has 3 nitrogen and oxygen atoms in total. The van der Waals surface area contributed by atoms with E-state index in [1.165, 1.54) is 0 Å². The lowest BCUT2D eigenvalue weighted by molar-refractivity contribution is 0.0388. The molecule has 0 aromatic carbocycles. The Morgan fingerprint density at radius 3 is 2.88 bits per heavy atom. The molecule has 0 aromatic rings. The van der Waals surface area contributed by atoms with Gasteiger partial charge in [0.2, 0.25) is 0 Å². The Hall–Kier alpha value is -0.590. The van der Waals surface area contributed by atoms with E-state index in [-0.39, 0.29) is 6.61 Å². The average molecular weight is 112 g/mol. The third-order valence-corrected chi connectivity index (χ3v) is 1.13. The van der Waals surface area contributed by atoms with Gasteiger partial charge in [-0.1, -0.05) is 0 Å². The summed E-state index contributed by atoms with van der Waals surface area (Å²) in [6, 6.07) is 1.92. The fourth-order valence-corrected chi connectivity index (χ4v) is 0.535. The van der Waals surface area contributed by atoms with E-state index in [1.807, 2.05) is 6.07 Å². The quantitative estimate of drug-likeness (QED) is 0.523. The minimum Gasteiger partial charge on any atom is -0.361 e. The smallest absolute Gasteiger partial charge is 0.134 e.